The summed E-state index contributed by atoms with van der Waals surface area (Å²) in [7, 11) is 0. The van der Waals surface area contributed by atoms with E-state index in [9.17, 15) is 0 Å². The molecule has 0 saturated carbocycles. The molecule has 102 valence electrons. The molecule has 0 aromatic carbocycles. The summed E-state index contributed by atoms with van der Waals surface area (Å²) in [6.07, 6.45) is 2.23. The molecule has 4 heteroatoms. The van der Waals surface area contributed by atoms with Gasteiger partial charge in [0, 0.05) is 19.6 Å². The van der Waals surface area contributed by atoms with Crippen molar-refractivity contribution in [2.45, 2.75) is 46.7 Å². The average Bonchev–Trinajstić information content (AvgIpc) is 2.94. The van der Waals surface area contributed by atoms with Crippen LogP contribution in [0, 0.1) is 5.41 Å². The van der Waals surface area contributed by atoms with Crippen LogP contribution >= 0.6 is 0 Å². The molecule has 0 bridgehead atoms. The Morgan fingerprint density at radius 3 is 2.78 bits per heavy atom. The Bertz CT molecular complexity index is 398. The van der Waals surface area contributed by atoms with Gasteiger partial charge < -0.3 is 5.73 Å². The van der Waals surface area contributed by atoms with Gasteiger partial charge in [0.05, 0.1) is 11.4 Å². The number of rotatable bonds is 5. The molecule has 1 saturated heterocycles. The summed E-state index contributed by atoms with van der Waals surface area (Å²) in [5, 5.41) is 4.61. The van der Waals surface area contributed by atoms with Gasteiger partial charge in [-0.1, -0.05) is 13.8 Å². The fourth-order valence-corrected chi connectivity index (χ4v) is 2.75. The maximum absolute atomic E-state index is 5.86. The van der Waals surface area contributed by atoms with Gasteiger partial charge in [-0.05, 0) is 44.3 Å². The van der Waals surface area contributed by atoms with Crippen LogP contribution in [0.2, 0.25) is 0 Å². The van der Waals surface area contributed by atoms with Crippen molar-refractivity contribution in [2.75, 3.05) is 19.6 Å². The van der Waals surface area contributed by atoms with Crippen LogP contribution in [0.4, 0.5) is 0 Å². The molecule has 2 N–H and O–H groups in total. The largest absolute Gasteiger partial charge is 0.330 e. The van der Waals surface area contributed by atoms with Gasteiger partial charge in [-0.2, -0.15) is 5.10 Å². The van der Waals surface area contributed by atoms with Gasteiger partial charge in [0.15, 0.2) is 0 Å². The second-order valence-corrected chi connectivity index (χ2v) is 5.77. The van der Waals surface area contributed by atoms with Crippen LogP contribution in [0.1, 0.15) is 38.6 Å². The topological polar surface area (TPSA) is 47.1 Å². The maximum atomic E-state index is 5.86. The zero-order chi connectivity index (χ0) is 13.2. The van der Waals surface area contributed by atoms with Gasteiger partial charge in [0.1, 0.15) is 0 Å². The molecular weight excluding hydrogens is 224 g/mol. The molecule has 0 spiro atoms. The predicted molar refractivity (Wildman–Crippen MR) is 74.3 cm³/mol. The van der Waals surface area contributed by atoms with E-state index in [-0.39, 0.29) is 0 Å². The van der Waals surface area contributed by atoms with E-state index in [0.29, 0.717) is 5.41 Å². The normalized spacial score (nSPS) is 24.9. The molecule has 1 unspecified atom stereocenters. The molecular formula is C14H26N4. The number of nitrogens with zero attached hydrogens (tertiary/aromatic N) is 3. The zero-order valence-corrected chi connectivity index (χ0v) is 11.9. The van der Waals surface area contributed by atoms with Crippen molar-refractivity contribution in [3.63, 3.8) is 0 Å². The summed E-state index contributed by atoms with van der Waals surface area (Å²) in [6.45, 7) is 11.6. The molecule has 2 heterocycles. The molecule has 1 fully saturated rings. The van der Waals surface area contributed by atoms with Crippen LogP contribution in [0.5, 0.6) is 0 Å². The van der Waals surface area contributed by atoms with Gasteiger partial charge in [-0.25, -0.2) is 0 Å². The minimum absolute atomic E-state index is 0.310. The van der Waals surface area contributed by atoms with E-state index in [4.69, 9.17) is 5.73 Å². The molecule has 4 nitrogen and oxygen atoms in total. The molecule has 1 aliphatic rings. The van der Waals surface area contributed by atoms with Gasteiger partial charge in [0.25, 0.3) is 0 Å². The first-order valence-corrected chi connectivity index (χ1v) is 7.08. The lowest BCUT2D eigenvalue weighted by atomic mass is 9.90. The Morgan fingerprint density at radius 1 is 1.44 bits per heavy atom. The van der Waals surface area contributed by atoms with Gasteiger partial charge in [-0.3, -0.25) is 9.58 Å². The number of hydrogen-bond donors (Lipinski definition) is 1. The molecule has 1 atom stereocenters. The van der Waals surface area contributed by atoms with Gasteiger partial charge in [0.2, 0.25) is 0 Å². The Kier molecular flexibility index (Phi) is 4.07. The number of aromatic nitrogens is 2. The standard InChI is InChI=1S/C14H26N4/c1-4-12-8-13(18(5-2)16-12)9-17-7-6-14(3,10-15)11-17/h8H,4-7,9-11,15H2,1-3H3. The first-order chi connectivity index (χ1) is 8.60. The van der Waals surface area contributed by atoms with E-state index < -0.39 is 0 Å². The predicted octanol–water partition coefficient (Wildman–Crippen LogP) is 1.64. The molecule has 0 aliphatic carbocycles. The second kappa shape index (κ2) is 5.41. The third-order valence-corrected chi connectivity index (χ3v) is 4.09. The lowest BCUT2D eigenvalue weighted by Crippen LogP contribution is -2.31. The quantitative estimate of drug-likeness (QED) is 0.864. The van der Waals surface area contributed by atoms with E-state index in [1.54, 1.807) is 0 Å². The fourth-order valence-electron chi connectivity index (χ4n) is 2.75. The van der Waals surface area contributed by atoms with Crippen molar-refractivity contribution in [3.8, 4) is 0 Å². The van der Waals surface area contributed by atoms with Crippen LogP contribution in [0.25, 0.3) is 0 Å². The molecule has 1 aliphatic heterocycles. The molecule has 0 radical (unpaired) electrons. The first kappa shape index (κ1) is 13.6. The fraction of sp³-hybridized carbons (Fsp3) is 0.786. The highest BCUT2D eigenvalue weighted by Gasteiger charge is 2.32. The Morgan fingerprint density at radius 2 is 2.22 bits per heavy atom. The highest BCUT2D eigenvalue weighted by molar-refractivity contribution is 5.11. The van der Waals surface area contributed by atoms with Gasteiger partial charge >= 0.3 is 0 Å². The average molecular weight is 250 g/mol. The van der Waals surface area contributed by atoms with Gasteiger partial charge in [-0.15, -0.1) is 0 Å². The number of hydrogen-bond acceptors (Lipinski definition) is 3. The van der Waals surface area contributed by atoms with Crippen molar-refractivity contribution in [1.82, 2.24) is 14.7 Å². The van der Waals surface area contributed by atoms with E-state index >= 15 is 0 Å². The minimum Gasteiger partial charge on any atom is -0.330 e. The summed E-state index contributed by atoms with van der Waals surface area (Å²) in [4.78, 5) is 2.51. The number of nitrogens with two attached hydrogens (primary N) is 1. The maximum Gasteiger partial charge on any atom is 0.0625 e. The van der Waals surface area contributed by atoms with Crippen molar-refractivity contribution in [1.29, 1.82) is 0 Å². The lowest BCUT2D eigenvalue weighted by Gasteiger charge is -2.22. The molecule has 2 rings (SSSR count). The Hall–Kier alpha value is -0.870. The van der Waals surface area contributed by atoms with Crippen LogP contribution in [0.3, 0.4) is 0 Å². The van der Waals surface area contributed by atoms with E-state index in [1.165, 1.54) is 17.8 Å². The smallest absolute Gasteiger partial charge is 0.0625 e. The highest BCUT2D eigenvalue weighted by atomic mass is 15.3. The van der Waals surface area contributed by atoms with Crippen LogP contribution in [0.15, 0.2) is 6.07 Å². The second-order valence-electron chi connectivity index (χ2n) is 5.77. The molecule has 1 aromatic rings. The summed E-state index contributed by atoms with van der Waals surface area (Å²) >= 11 is 0. The first-order valence-electron chi connectivity index (χ1n) is 7.08. The lowest BCUT2D eigenvalue weighted by molar-refractivity contribution is 0.268. The van der Waals surface area contributed by atoms with Crippen molar-refractivity contribution >= 4 is 0 Å². The van der Waals surface area contributed by atoms with Crippen molar-refractivity contribution < 1.29 is 0 Å². The molecule has 0 amide bonds. The highest BCUT2D eigenvalue weighted by Crippen LogP contribution is 2.29. The number of likely N-dealkylation sites (tertiary alicyclic amines) is 1. The van der Waals surface area contributed by atoms with E-state index in [2.05, 4.69) is 41.5 Å². The number of aryl methyl sites for hydroxylation is 2. The van der Waals surface area contributed by atoms with Crippen LogP contribution in [-0.4, -0.2) is 34.3 Å². The van der Waals surface area contributed by atoms with Crippen LogP contribution < -0.4 is 5.73 Å². The Balaban J connectivity index is 2.04. The molecule has 18 heavy (non-hydrogen) atoms. The van der Waals surface area contributed by atoms with Crippen LogP contribution in [-0.2, 0) is 19.5 Å². The van der Waals surface area contributed by atoms with Crippen molar-refractivity contribution in [3.05, 3.63) is 17.5 Å². The van der Waals surface area contributed by atoms with E-state index in [0.717, 1.165) is 39.1 Å². The minimum atomic E-state index is 0.310. The zero-order valence-electron chi connectivity index (χ0n) is 11.9. The summed E-state index contributed by atoms with van der Waals surface area (Å²) in [5.74, 6) is 0. The van der Waals surface area contributed by atoms with E-state index in [1.807, 2.05) is 0 Å². The Labute approximate surface area is 110 Å². The van der Waals surface area contributed by atoms with Crippen molar-refractivity contribution in [2.24, 2.45) is 11.1 Å². The third-order valence-electron chi connectivity index (χ3n) is 4.09. The SMILES string of the molecule is CCc1cc(CN2CCC(C)(CN)C2)n(CC)n1. The monoisotopic (exact) mass is 250 g/mol. The third kappa shape index (κ3) is 2.75. The summed E-state index contributed by atoms with van der Waals surface area (Å²) in [6, 6.07) is 2.25. The summed E-state index contributed by atoms with van der Waals surface area (Å²) < 4.78 is 2.14. The summed E-state index contributed by atoms with van der Waals surface area (Å²) in [5.41, 5.74) is 8.72. The molecule has 1 aromatic heterocycles.